The highest BCUT2D eigenvalue weighted by atomic mass is 32.1. The summed E-state index contributed by atoms with van der Waals surface area (Å²) in [7, 11) is 0. The number of nitrogens with zero attached hydrogens (tertiary/aromatic N) is 5. The average molecular weight is 345 g/mol. The van der Waals surface area contributed by atoms with Gasteiger partial charge < -0.3 is 4.90 Å². The van der Waals surface area contributed by atoms with Crippen molar-refractivity contribution in [3.63, 3.8) is 0 Å². The van der Waals surface area contributed by atoms with Crippen molar-refractivity contribution in [1.82, 2.24) is 19.1 Å². The summed E-state index contributed by atoms with van der Waals surface area (Å²) in [6.45, 7) is 4.65. The molecule has 3 heterocycles. The number of aryl methyl sites for hydroxylation is 3. The van der Waals surface area contributed by atoms with Gasteiger partial charge in [0.25, 0.3) is 5.56 Å². The molecule has 1 aliphatic heterocycles. The zero-order valence-corrected chi connectivity index (χ0v) is 14.9. The van der Waals surface area contributed by atoms with E-state index in [0.29, 0.717) is 5.92 Å². The third-order valence-corrected chi connectivity index (χ3v) is 5.98. The highest BCUT2D eigenvalue weighted by molar-refractivity contribution is 7.09. The van der Waals surface area contributed by atoms with Gasteiger partial charge in [-0.15, -0.1) is 0 Å². The minimum atomic E-state index is 0.0674. The summed E-state index contributed by atoms with van der Waals surface area (Å²) in [6.07, 6.45) is 6.55. The molecule has 2 aromatic heterocycles. The summed E-state index contributed by atoms with van der Waals surface area (Å²) in [5.41, 5.74) is 2.38. The lowest BCUT2D eigenvalue weighted by atomic mass is 9.96. The first-order valence-electron chi connectivity index (χ1n) is 8.84. The first-order valence-corrected chi connectivity index (χ1v) is 9.61. The molecule has 24 heavy (non-hydrogen) atoms. The molecule has 4 rings (SSSR count). The van der Waals surface area contributed by atoms with Crippen molar-refractivity contribution in [2.75, 3.05) is 18.0 Å². The number of anilines is 1. The van der Waals surface area contributed by atoms with Crippen LogP contribution >= 0.6 is 11.5 Å². The average Bonchev–Trinajstić information content (AvgIpc) is 3.03. The van der Waals surface area contributed by atoms with Crippen LogP contribution in [0.1, 0.15) is 42.8 Å². The third-order valence-electron chi connectivity index (χ3n) is 5.11. The monoisotopic (exact) mass is 345 g/mol. The fraction of sp³-hybridized carbons (Fsp3) is 0.647. The van der Waals surface area contributed by atoms with Crippen molar-refractivity contribution in [1.29, 1.82) is 0 Å². The summed E-state index contributed by atoms with van der Waals surface area (Å²) < 4.78 is 5.97. The SMILES string of the molecule is Cc1nsc(N2CCC(Cn3nc4c(cc3=O)CCCC4)CC2)n1. The Hall–Kier alpha value is -1.76. The van der Waals surface area contributed by atoms with Crippen molar-refractivity contribution in [2.24, 2.45) is 5.92 Å². The summed E-state index contributed by atoms with van der Waals surface area (Å²) >= 11 is 1.48. The maximum Gasteiger partial charge on any atom is 0.267 e. The number of hydrogen-bond acceptors (Lipinski definition) is 6. The number of fused-ring (bicyclic) bond motifs is 1. The first-order chi connectivity index (χ1) is 11.7. The largest absolute Gasteiger partial charge is 0.347 e. The van der Waals surface area contributed by atoms with E-state index in [4.69, 9.17) is 0 Å². The zero-order chi connectivity index (χ0) is 16.5. The molecule has 0 radical (unpaired) electrons. The number of piperidine rings is 1. The predicted molar refractivity (Wildman–Crippen MR) is 94.7 cm³/mol. The van der Waals surface area contributed by atoms with E-state index in [0.717, 1.165) is 62.0 Å². The highest BCUT2D eigenvalue weighted by Crippen LogP contribution is 2.25. The van der Waals surface area contributed by atoms with Crippen molar-refractivity contribution >= 4 is 16.7 Å². The molecular weight excluding hydrogens is 322 g/mol. The second-order valence-corrected chi connectivity index (χ2v) is 7.63. The Kier molecular flexibility index (Phi) is 4.35. The number of aromatic nitrogens is 4. The number of hydrogen-bond donors (Lipinski definition) is 0. The second-order valence-electron chi connectivity index (χ2n) is 6.90. The maximum atomic E-state index is 12.3. The van der Waals surface area contributed by atoms with Crippen LogP contribution in [0.5, 0.6) is 0 Å². The molecule has 0 aromatic carbocycles. The van der Waals surface area contributed by atoms with Crippen molar-refractivity contribution in [2.45, 2.75) is 52.0 Å². The molecule has 0 N–H and O–H groups in total. The van der Waals surface area contributed by atoms with Gasteiger partial charge in [-0.1, -0.05) is 0 Å². The molecule has 128 valence electrons. The van der Waals surface area contributed by atoms with Crippen LogP contribution in [0.2, 0.25) is 0 Å². The van der Waals surface area contributed by atoms with Crippen molar-refractivity contribution in [3.8, 4) is 0 Å². The zero-order valence-electron chi connectivity index (χ0n) is 14.1. The third kappa shape index (κ3) is 3.22. The summed E-state index contributed by atoms with van der Waals surface area (Å²) in [4.78, 5) is 19.1. The minimum Gasteiger partial charge on any atom is -0.347 e. The van der Waals surface area contributed by atoms with Gasteiger partial charge in [0.15, 0.2) is 0 Å². The topological polar surface area (TPSA) is 63.9 Å². The molecule has 2 aliphatic rings. The minimum absolute atomic E-state index is 0.0674. The molecule has 2 aromatic rings. The quantitative estimate of drug-likeness (QED) is 0.853. The highest BCUT2D eigenvalue weighted by Gasteiger charge is 2.23. The Bertz CT molecular complexity index is 776. The number of rotatable bonds is 3. The van der Waals surface area contributed by atoms with E-state index >= 15 is 0 Å². The fourth-order valence-electron chi connectivity index (χ4n) is 3.70. The van der Waals surface area contributed by atoms with Gasteiger partial charge in [0.2, 0.25) is 5.13 Å². The lowest BCUT2D eigenvalue weighted by Gasteiger charge is -2.31. The van der Waals surface area contributed by atoms with E-state index in [1.54, 1.807) is 4.68 Å². The molecule has 1 saturated heterocycles. The summed E-state index contributed by atoms with van der Waals surface area (Å²) in [5, 5.41) is 5.68. The van der Waals surface area contributed by atoms with Gasteiger partial charge in [0, 0.05) is 37.2 Å². The maximum absolute atomic E-state index is 12.3. The molecule has 7 heteroatoms. The van der Waals surface area contributed by atoms with E-state index in [1.807, 2.05) is 13.0 Å². The van der Waals surface area contributed by atoms with E-state index < -0.39 is 0 Å². The molecule has 6 nitrogen and oxygen atoms in total. The standard InChI is InChI=1S/C17H23N5OS/c1-12-18-17(24-20-12)21-8-6-13(7-9-21)11-22-16(23)10-14-4-2-3-5-15(14)19-22/h10,13H,2-9,11H2,1H3. The lowest BCUT2D eigenvalue weighted by Crippen LogP contribution is -2.37. The van der Waals surface area contributed by atoms with Gasteiger partial charge in [-0.2, -0.15) is 9.47 Å². The van der Waals surface area contributed by atoms with Crippen LogP contribution in [0.3, 0.4) is 0 Å². The lowest BCUT2D eigenvalue weighted by molar-refractivity contribution is 0.332. The van der Waals surface area contributed by atoms with Crippen molar-refractivity contribution in [3.05, 3.63) is 33.5 Å². The van der Waals surface area contributed by atoms with Gasteiger partial charge in [-0.05, 0) is 56.9 Å². The van der Waals surface area contributed by atoms with Crippen LogP contribution < -0.4 is 10.5 Å². The van der Waals surface area contributed by atoms with E-state index in [1.165, 1.54) is 29.9 Å². The van der Waals surface area contributed by atoms with Gasteiger partial charge in [-0.3, -0.25) is 4.79 Å². The molecule has 1 fully saturated rings. The van der Waals surface area contributed by atoms with Crippen LogP contribution in [0, 0.1) is 12.8 Å². The molecule has 0 unspecified atom stereocenters. The molecule has 0 atom stereocenters. The summed E-state index contributed by atoms with van der Waals surface area (Å²) in [5.74, 6) is 1.36. The Labute approximate surface area is 145 Å². The van der Waals surface area contributed by atoms with Crippen LogP contribution in [0.15, 0.2) is 10.9 Å². The Morgan fingerprint density at radius 3 is 2.79 bits per heavy atom. The van der Waals surface area contributed by atoms with E-state index in [-0.39, 0.29) is 5.56 Å². The van der Waals surface area contributed by atoms with Crippen LogP contribution in [-0.4, -0.2) is 32.2 Å². The van der Waals surface area contributed by atoms with Gasteiger partial charge >= 0.3 is 0 Å². The van der Waals surface area contributed by atoms with Crippen LogP contribution in [0.4, 0.5) is 5.13 Å². The van der Waals surface area contributed by atoms with Crippen molar-refractivity contribution < 1.29 is 0 Å². The molecule has 0 amide bonds. The molecule has 0 saturated carbocycles. The molecule has 1 aliphatic carbocycles. The predicted octanol–water partition coefficient (Wildman–Crippen LogP) is 2.20. The fourth-order valence-corrected chi connectivity index (χ4v) is 4.42. The Morgan fingerprint density at radius 2 is 2.04 bits per heavy atom. The van der Waals surface area contributed by atoms with Crippen LogP contribution in [0.25, 0.3) is 0 Å². The van der Waals surface area contributed by atoms with Crippen LogP contribution in [-0.2, 0) is 19.4 Å². The normalized spacial score (nSPS) is 18.6. The second kappa shape index (κ2) is 6.63. The Morgan fingerprint density at radius 1 is 1.25 bits per heavy atom. The van der Waals surface area contributed by atoms with E-state index in [2.05, 4.69) is 19.4 Å². The smallest absolute Gasteiger partial charge is 0.267 e. The Balaban J connectivity index is 1.41. The summed E-state index contributed by atoms with van der Waals surface area (Å²) in [6, 6.07) is 1.82. The first kappa shape index (κ1) is 15.7. The molecular formula is C17H23N5OS. The van der Waals surface area contributed by atoms with Gasteiger partial charge in [0.1, 0.15) is 5.82 Å². The molecule has 0 bridgehead atoms. The van der Waals surface area contributed by atoms with E-state index in [9.17, 15) is 4.79 Å². The van der Waals surface area contributed by atoms with Gasteiger partial charge in [-0.25, -0.2) is 9.67 Å². The van der Waals surface area contributed by atoms with Gasteiger partial charge in [0.05, 0.1) is 5.69 Å². The molecule has 0 spiro atoms.